The summed E-state index contributed by atoms with van der Waals surface area (Å²) in [7, 11) is 0. The third-order valence-corrected chi connectivity index (χ3v) is 14.5. The monoisotopic (exact) mass is 1030 g/mol. The minimum absolute atomic E-state index is 0.0156. The molecule has 6 aliphatic rings. The van der Waals surface area contributed by atoms with Crippen molar-refractivity contribution in [2.45, 2.75) is 184 Å². The quantitative estimate of drug-likeness (QED) is 0.0354. The third-order valence-electron chi connectivity index (χ3n) is 13.0. The van der Waals surface area contributed by atoms with Gasteiger partial charge in [-0.25, -0.2) is 4.79 Å². The smallest absolute Gasteiger partial charge is 0.315 e. The summed E-state index contributed by atoms with van der Waals surface area (Å²) in [5.74, 6) is 0.433. The molecule has 0 unspecified atom stereocenters. The van der Waals surface area contributed by atoms with Gasteiger partial charge in [-0.3, -0.25) is 4.79 Å². The molecule has 69 heavy (non-hydrogen) atoms. The lowest BCUT2D eigenvalue weighted by Crippen LogP contribution is -2.70. The Kier molecular flexibility index (Phi) is 20.8. The van der Waals surface area contributed by atoms with E-state index in [9.17, 15) is 91.3 Å². The summed E-state index contributed by atoms with van der Waals surface area (Å²) in [4.78, 5) is 24.4. The second kappa shape index (κ2) is 25.4. The molecule has 0 bridgehead atoms. The molecule has 0 spiro atoms. The van der Waals surface area contributed by atoms with Gasteiger partial charge in [0, 0.05) is 24.0 Å². The van der Waals surface area contributed by atoms with Crippen molar-refractivity contribution in [2.24, 2.45) is 0 Å². The zero-order valence-corrected chi connectivity index (χ0v) is 37.8. The normalized spacial score (nSPS) is 45.0. The Labute approximate surface area is 397 Å². The molecule has 0 aromatic heterocycles. The van der Waals surface area contributed by atoms with E-state index in [-0.39, 0.29) is 48.8 Å². The van der Waals surface area contributed by atoms with Crippen LogP contribution in [0.15, 0.2) is 0 Å². The minimum Gasteiger partial charge on any atom is -0.394 e. The average Bonchev–Trinajstić information content (AvgIpc) is 3.90. The average molecular weight is 1030 g/mol. The Hall–Kier alpha value is -1.87. The number of ether oxygens (including phenoxy) is 8. The number of hydrogen-bond donors (Lipinski definition) is 19. The first-order chi connectivity index (χ1) is 32.8. The Bertz CT molecular complexity index is 1620. The summed E-state index contributed by atoms with van der Waals surface area (Å²) in [5, 5.41) is 178. The molecule has 26 atom stereocenters. The zero-order chi connectivity index (χ0) is 50.4. The molecular weight excluding hydrogens is 958 g/mol. The lowest BCUT2D eigenvalue weighted by Gasteiger charge is -2.51. The topological polar surface area (TPSA) is 468 Å². The van der Waals surface area contributed by atoms with Crippen molar-refractivity contribution in [3.63, 3.8) is 0 Å². The van der Waals surface area contributed by atoms with E-state index >= 15 is 0 Å². The number of unbranched alkanes of at least 4 members (excludes halogenated alkanes) is 1. The molecule has 30 heteroatoms. The van der Waals surface area contributed by atoms with Crippen LogP contribution >= 0.6 is 11.8 Å². The molecular formula is C39H67N3O26S. The first-order valence-corrected chi connectivity index (χ1v) is 23.7. The van der Waals surface area contributed by atoms with Gasteiger partial charge in [-0.05, 0) is 12.8 Å². The zero-order valence-electron chi connectivity index (χ0n) is 36.9. The number of amides is 3. The minimum atomic E-state index is -2.27. The summed E-state index contributed by atoms with van der Waals surface area (Å²) < 4.78 is 46.2. The molecule has 0 radical (unpaired) electrons. The first kappa shape index (κ1) is 56.4. The van der Waals surface area contributed by atoms with Gasteiger partial charge in [0.1, 0.15) is 116 Å². The molecule has 0 aliphatic carbocycles. The fraction of sp³-hybridized carbons (Fsp3) is 0.949. The van der Waals surface area contributed by atoms with Gasteiger partial charge >= 0.3 is 6.03 Å². The van der Waals surface area contributed by atoms with Gasteiger partial charge in [-0.1, -0.05) is 6.42 Å². The van der Waals surface area contributed by atoms with Crippen molar-refractivity contribution < 1.29 is 129 Å². The maximum Gasteiger partial charge on any atom is 0.315 e. The van der Waals surface area contributed by atoms with Crippen molar-refractivity contribution in [3.05, 3.63) is 0 Å². The van der Waals surface area contributed by atoms with Crippen LogP contribution in [0.2, 0.25) is 0 Å². The maximum atomic E-state index is 12.8. The summed E-state index contributed by atoms with van der Waals surface area (Å²) >= 11 is 1.74. The van der Waals surface area contributed by atoms with E-state index in [1.54, 1.807) is 11.8 Å². The third kappa shape index (κ3) is 12.9. The van der Waals surface area contributed by atoms with Gasteiger partial charge in [-0.15, -0.1) is 0 Å². The number of nitrogens with one attached hydrogen (secondary N) is 3. The molecule has 6 heterocycles. The Balaban J connectivity index is 1.22. The molecule has 0 aromatic carbocycles. The molecule has 6 saturated heterocycles. The van der Waals surface area contributed by atoms with E-state index in [1.807, 2.05) is 0 Å². The molecule has 29 nitrogen and oxygen atoms in total. The molecule has 6 fully saturated rings. The van der Waals surface area contributed by atoms with Crippen LogP contribution < -0.4 is 16.0 Å². The van der Waals surface area contributed by atoms with E-state index in [4.69, 9.17) is 37.9 Å². The number of carbonyl (C=O) groups excluding carboxylic acids is 2. The van der Waals surface area contributed by atoms with Crippen LogP contribution in [0.25, 0.3) is 0 Å². The lowest BCUT2D eigenvalue weighted by atomic mass is 9.92. The van der Waals surface area contributed by atoms with Gasteiger partial charge < -0.3 is 136 Å². The number of fused-ring (bicyclic) bond motifs is 1. The summed E-state index contributed by atoms with van der Waals surface area (Å²) in [6.07, 6.45) is -44.5. The van der Waals surface area contributed by atoms with Crippen LogP contribution in [0.1, 0.15) is 25.7 Å². The molecule has 6 rings (SSSR count). The van der Waals surface area contributed by atoms with Crippen LogP contribution in [0.5, 0.6) is 0 Å². The highest BCUT2D eigenvalue weighted by molar-refractivity contribution is 8.00. The van der Waals surface area contributed by atoms with E-state index in [0.717, 1.165) is 12.2 Å². The highest BCUT2D eigenvalue weighted by Crippen LogP contribution is 2.38. The number of thioether (sulfide) groups is 1. The first-order valence-electron chi connectivity index (χ1n) is 22.6. The fourth-order valence-corrected chi connectivity index (χ4v) is 10.6. The number of hydrogen-bond acceptors (Lipinski definition) is 27. The van der Waals surface area contributed by atoms with Crippen LogP contribution in [0, 0.1) is 0 Å². The van der Waals surface area contributed by atoms with Crippen LogP contribution in [0.4, 0.5) is 4.79 Å². The van der Waals surface area contributed by atoms with Gasteiger partial charge in [-0.2, -0.15) is 11.8 Å². The highest BCUT2D eigenvalue weighted by Gasteiger charge is 2.58. The van der Waals surface area contributed by atoms with Crippen LogP contribution in [-0.2, 0) is 42.7 Å². The van der Waals surface area contributed by atoms with Crippen molar-refractivity contribution in [1.29, 1.82) is 0 Å². The molecule has 19 N–H and O–H groups in total. The SMILES string of the molecule is O=C(CCCC[C@@H]1SC[C@@H]2NC(=O)N[C@@H]21)NCCO[C@H]1O[C@H]([C@@H](O)CO)[C@@H](O[C@@H]2O[C@H](CO)[C@@H](O)[C@H](O)[C@H]2O)[C@H](O[C@H]2O[C@H]([C@@H](O)CO)[C@@H](O)[C@H](O)[C@@H]2O[C@H]2O[C@H]([C@@H](O)CO)[C@@H](O)[C@H](O)[C@@H]2O)[C@@H]1O. The Morgan fingerprint density at radius 3 is 1.81 bits per heavy atom. The van der Waals surface area contributed by atoms with E-state index in [0.29, 0.717) is 12.8 Å². The maximum absolute atomic E-state index is 12.8. The predicted molar refractivity (Wildman–Crippen MR) is 223 cm³/mol. The Morgan fingerprint density at radius 1 is 0.623 bits per heavy atom. The van der Waals surface area contributed by atoms with Gasteiger partial charge in [0.25, 0.3) is 0 Å². The summed E-state index contributed by atoms with van der Waals surface area (Å²) in [6.45, 7) is -4.68. The summed E-state index contributed by atoms with van der Waals surface area (Å²) in [5.41, 5.74) is 0. The lowest BCUT2D eigenvalue weighted by molar-refractivity contribution is -0.407. The van der Waals surface area contributed by atoms with Crippen molar-refractivity contribution in [3.8, 4) is 0 Å². The molecule has 3 amide bonds. The van der Waals surface area contributed by atoms with Crippen LogP contribution in [0.3, 0.4) is 0 Å². The number of rotatable bonds is 22. The standard InChI is InChI=1S/C39H67N3O26S/c43-7-13(47)29-23(54)22(53)27(58)37(63-29)67-33-25(56)24(55)30(14(48)8-44)64-38(33)66-32-28(59)35(61-6-5-40-18(50)4-2-1-3-17-19-12(11-69-17)41-39(60)42-19)65-31(15(49)9-45)34(32)68-36-26(57)21(52)20(51)16(10-46)62-36/h12-17,19-38,43-49,51-59H,1-11H2,(H,40,50)(H2,41,42,60)/t12-,13-,14-,15-,16+,17-,19-,20+,21-,22-,23-,24-,25-,26+,27-,28-,29+,30+,31+,32+,33-,34+,35-,36-,37+,38+/m0/s1. The Morgan fingerprint density at radius 2 is 1.17 bits per heavy atom. The molecule has 400 valence electrons. The van der Waals surface area contributed by atoms with Crippen molar-refractivity contribution >= 4 is 23.7 Å². The number of carbonyl (C=O) groups is 2. The second-order valence-corrected chi connectivity index (χ2v) is 19.0. The van der Waals surface area contributed by atoms with Crippen molar-refractivity contribution in [1.82, 2.24) is 16.0 Å². The van der Waals surface area contributed by atoms with Crippen LogP contribution in [-0.4, -0.2) is 297 Å². The van der Waals surface area contributed by atoms with Gasteiger partial charge in [0.05, 0.1) is 45.1 Å². The van der Waals surface area contributed by atoms with Gasteiger partial charge in [0.2, 0.25) is 5.91 Å². The number of aliphatic hydroxyl groups is 16. The summed E-state index contributed by atoms with van der Waals surface area (Å²) in [6, 6.07) is -0.126. The number of aliphatic hydroxyl groups excluding tert-OH is 16. The second-order valence-electron chi connectivity index (χ2n) is 17.7. The molecule has 0 saturated carbocycles. The molecule has 6 aliphatic heterocycles. The van der Waals surface area contributed by atoms with Crippen molar-refractivity contribution in [2.75, 3.05) is 45.3 Å². The fourth-order valence-electron chi connectivity index (χ4n) is 9.03. The van der Waals surface area contributed by atoms with E-state index in [2.05, 4.69) is 16.0 Å². The van der Waals surface area contributed by atoms with Gasteiger partial charge in [0.15, 0.2) is 25.2 Å². The largest absolute Gasteiger partial charge is 0.394 e. The van der Waals surface area contributed by atoms with E-state index < -0.39 is 168 Å². The number of urea groups is 1. The predicted octanol–water partition coefficient (Wildman–Crippen LogP) is -10.8. The highest BCUT2D eigenvalue weighted by atomic mass is 32.2. The molecule has 0 aromatic rings. The van der Waals surface area contributed by atoms with E-state index in [1.165, 1.54) is 0 Å².